The molecule has 0 aromatic rings. The van der Waals surface area contributed by atoms with Gasteiger partial charge in [-0.15, -0.1) is 6.42 Å². The minimum Gasteiger partial charge on any atom is -0.357 e. The molecule has 19 heavy (non-hydrogen) atoms. The van der Waals surface area contributed by atoms with Gasteiger partial charge in [0.25, 0.3) is 0 Å². The fraction of sp³-hybridized carbons (Fsp3) is 0.786. The van der Waals surface area contributed by atoms with Crippen molar-refractivity contribution in [2.45, 2.75) is 50.8 Å². The van der Waals surface area contributed by atoms with Gasteiger partial charge in [0.05, 0.1) is 0 Å². The van der Waals surface area contributed by atoms with Gasteiger partial charge in [-0.1, -0.05) is 19.3 Å². The molecule has 2 N–H and O–H groups in total. The average molecular weight is 283 g/mol. The van der Waals surface area contributed by atoms with Crippen molar-refractivity contribution in [3.63, 3.8) is 0 Å². The quantitative estimate of drug-likeness (QED) is 0.454. The lowest BCUT2D eigenvalue weighted by Gasteiger charge is -2.30. The summed E-state index contributed by atoms with van der Waals surface area (Å²) in [4.78, 5) is 4.30. The fourth-order valence-electron chi connectivity index (χ4n) is 2.39. The lowest BCUT2D eigenvalue weighted by atomic mass is 9.95. The minimum atomic E-state index is -0.691. The monoisotopic (exact) mass is 283 g/mol. The summed E-state index contributed by atoms with van der Waals surface area (Å²) in [7, 11) is -0.691. The van der Waals surface area contributed by atoms with Crippen molar-refractivity contribution in [2.75, 3.05) is 18.8 Å². The van der Waals surface area contributed by atoms with E-state index in [0.29, 0.717) is 17.8 Å². The zero-order valence-corrected chi connectivity index (χ0v) is 12.8. The number of guanidine groups is 1. The van der Waals surface area contributed by atoms with Crippen LogP contribution in [0.5, 0.6) is 0 Å². The lowest BCUT2D eigenvalue weighted by molar-refractivity contribution is 0.413. The highest BCUT2D eigenvalue weighted by Gasteiger charge is 2.25. The Hall–Kier alpha value is -1.02. The number of nitrogens with one attached hydrogen (secondary N) is 2. The topological polar surface area (TPSA) is 53.5 Å². The van der Waals surface area contributed by atoms with Crippen molar-refractivity contribution in [3.05, 3.63) is 0 Å². The fourth-order valence-corrected chi connectivity index (χ4v) is 3.74. The predicted octanol–water partition coefficient (Wildman–Crippen LogP) is 1.25. The molecule has 108 valence electrons. The smallest absolute Gasteiger partial charge is 0.192 e. The number of terminal acetylenes is 1. The van der Waals surface area contributed by atoms with Crippen LogP contribution < -0.4 is 10.6 Å². The van der Waals surface area contributed by atoms with E-state index in [1.54, 1.807) is 0 Å². The number of rotatable bonds is 5. The Kier molecular flexibility index (Phi) is 7.57. The molecular weight excluding hydrogens is 258 g/mol. The molecule has 0 amide bonds. The first-order valence-corrected chi connectivity index (χ1v) is 8.44. The molecule has 0 aromatic heterocycles. The third-order valence-corrected chi connectivity index (χ3v) is 5.04. The lowest BCUT2D eigenvalue weighted by Crippen LogP contribution is -2.46. The Morgan fingerprint density at radius 3 is 2.89 bits per heavy atom. The molecule has 0 saturated heterocycles. The highest BCUT2D eigenvalue weighted by molar-refractivity contribution is 7.85. The summed E-state index contributed by atoms with van der Waals surface area (Å²) < 4.78 is 11.9. The van der Waals surface area contributed by atoms with E-state index >= 15 is 0 Å². The first kappa shape index (κ1) is 16.0. The highest BCUT2D eigenvalue weighted by Crippen LogP contribution is 2.22. The van der Waals surface area contributed by atoms with Crippen LogP contribution in [0.1, 0.15) is 39.5 Å². The van der Waals surface area contributed by atoms with Crippen LogP contribution in [0.25, 0.3) is 0 Å². The Bertz CT molecular complexity index is 362. The molecule has 3 atom stereocenters. The first-order valence-electron chi connectivity index (χ1n) is 7.06. The molecule has 0 aromatic carbocycles. The molecule has 0 spiro atoms. The van der Waals surface area contributed by atoms with Gasteiger partial charge in [-0.2, -0.15) is 0 Å². The van der Waals surface area contributed by atoms with Gasteiger partial charge in [0.2, 0.25) is 0 Å². The molecular formula is C14H25N3OS. The second kappa shape index (κ2) is 8.98. The summed E-state index contributed by atoms with van der Waals surface area (Å²) >= 11 is 0. The maximum absolute atomic E-state index is 11.9. The third kappa shape index (κ3) is 5.65. The van der Waals surface area contributed by atoms with Gasteiger partial charge >= 0.3 is 0 Å². The second-order valence-electron chi connectivity index (χ2n) is 4.70. The van der Waals surface area contributed by atoms with Crippen LogP contribution in [-0.4, -0.2) is 40.3 Å². The van der Waals surface area contributed by atoms with E-state index in [0.717, 1.165) is 43.9 Å². The van der Waals surface area contributed by atoms with Gasteiger partial charge in [-0.3, -0.25) is 4.21 Å². The summed E-state index contributed by atoms with van der Waals surface area (Å²) in [5, 5.41) is 6.93. The number of hydrogen-bond acceptors (Lipinski definition) is 2. The molecule has 1 saturated carbocycles. The van der Waals surface area contributed by atoms with Gasteiger partial charge in [0.15, 0.2) is 5.96 Å². The van der Waals surface area contributed by atoms with Crippen LogP contribution in [-0.2, 0) is 10.8 Å². The number of aliphatic imine (C=N–C) groups is 1. The molecule has 0 radical (unpaired) electrons. The molecule has 1 aliphatic rings. The SMILES string of the molecule is C#CCN=C(NCC)NC1CCCC(S(=O)CC)C1. The van der Waals surface area contributed by atoms with E-state index in [2.05, 4.69) is 21.5 Å². The molecule has 5 heteroatoms. The molecule has 1 aliphatic carbocycles. The van der Waals surface area contributed by atoms with Gasteiger partial charge < -0.3 is 10.6 Å². The molecule has 4 nitrogen and oxygen atoms in total. The Balaban J connectivity index is 2.54. The Morgan fingerprint density at radius 2 is 2.26 bits per heavy atom. The van der Waals surface area contributed by atoms with E-state index in [1.165, 1.54) is 0 Å². The average Bonchev–Trinajstić information content (AvgIpc) is 2.44. The number of nitrogens with zero attached hydrogens (tertiary/aromatic N) is 1. The van der Waals surface area contributed by atoms with Crippen molar-refractivity contribution in [2.24, 2.45) is 4.99 Å². The van der Waals surface area contributed by atoms with Crippen molar-refractivity contribution in [1.82, 2.24) is 10.6 Å². The summed E-state index contributed by atoms with van der Waals surface area (Å²) in [6.07, 6.45) is 9.51. The van der Waals surface area contributed by atoms with E-state index < -0.39 is 10.8 Å². The van der Waals surface area contributed by atoms with Crippen LogP contribution in [0, 0.1) is 12.3 Å². The van der Waals surface area contributed by atoms with E-state index in [9.17, 15) is 4.21 Å². The molecule has 0 bridgehead atoms. The summed E-state index contributed by atoms with van der Waals surface area (Å²) in [6.45, 7) is 5.22. The van der Waals surface area contributed by atoms with Crippen molar-refractivity contribution in [1.29, 1.82) is 0 Å². The molecule has 0 aliphatic heterocycles. The Morgan fingerprint density at radius 1 is 1.47 bits per heavy atom. The van der Waals surface area contributed by atoms with Gasteiger partial charge in [-0.05, 0) is 26.2 Å². The van der Waals surface area contributed by atoms with Crippen LogP contribution in [0.15, 0.2) is 4.99 Å². The van der Waals surface area contributed by atoms with Gasteiger partial charge in [-0.25, -0.2) is 4.99 Å². The van der Waals surface area contributed by atoms with Crippen molar-refractivity contribution >= 4 is 16.8 Å². The summed E-state index contributed by atoms with van der Waals surface area (Å²) in [5.41, 5.74) is 0. The summed E-state index contributed by atoms with van der Waals surface area (Å²) in [5.74, 6) is 4.04. The minimum absolute atomic E-state index is 0.326. The van der Waals surface area contributed by atoms with Crippen molar-refractivity contribution < 1.29 is 4.21 Å². The number of hydrogen-bond donors (Lipinski definition) is 2. The molecule has 1 fully saturated rings. The van der Waals surface area contributed by atoms with Gasteiger partial charge in [0, 0.05) is 34.4 Å². The largest absolute Gasteiger partial charge is 0.357 e. The first-order chi connectivity index (χ1) is 9.21. The maximum atomic E-state index is 11.9. The van der Waals surface area contributed by atoms with Crippen LogP contribution in [0.2, 0.25) is 0 Å². The van der Waals surface area contributed by atoms with Gasteiger partial charge in [0.1, 0.15) is 6.54 Å². The van der Waals surface area contributed by atoms with Crippen LogP contribution >= 0.6 is 0 Å². The van der Waals surface area contributed by atoms with E-state index in [4.69, 9.17) is 6.42 Å². The molecule has 0 heterocycles. The van der Waals surface area contributed by atoms with Crippen molar-refractivity contribution in [3.8, 4) is 12.3 Å². The third-order valence-electron chi connectivity index (χ3n) is 3.30. The van der Waals surface area contributed by atoms with Crippen LogP contribution in [0.4, 0.5) is 0 Å². The standard InChI is InChI=1S/C14H25N3OS/c1-4-10-16-14(15-5-2)17-12-8-7-9-13(11-12)19(18)6-3/h1,12-13H,5-11H2,2-3H3,(H2,15,16,17). The van der Waals surface area contributed by atoms with E-state index in [1.807, 2.05) is 13.8 Å². The summed E-state index contributed by atoms with van der Waals surface area (Å²) in [6, 6.07) is 0.352. The predicted molar refractivity (Wildman–Crippen MR) is 82.7 cm³/mol. The second-order valence-corrected chi connectivity index (χ2v) is 6.70. The molecule has 1 rings (SSSR count). The highest BCUT2D eigenvalue weighted by atomic mass is 32.2. The van der Waals surface area contributed by atoms with Crippen LogP contribution in [0.3, 0.4) is 0 Å². The van der Waals surface area contributed by atoms with E-state index in [-0.39, 0.29) is 0 Å². The Labute approximate surface area is 119 Å². The molecule has 3 unspecified atom stereocenters. The maximum Gasteiger partial charge on any atom is 0.192 e. The zero-order valence-electron chi connectivity index (χ0n) is 11.9. The normalized spacial score (nSPS) is 25.4. The zero-order chi connectivity index (χ0) is 14.1.